The van der Waals surface area contributed by atoms with Crippen LogP contribution in [0.3, 0.4) is 0 Å². The first-order chi connectivity index (χ1) is 16.6. The number of hydrogen-bond acceptors (Lipinski definition) is 4. The highest BCUT2D eigenvalue weighted by atomic mass is 19.4. The minimum absolute atomic E-state index is 0.0257. The topological polar surface area (TPSA) is 46.0 Å². The molecule has 1 atom stereocenters. The van der Waals surface area contributed by atoms with Gasteiger partial charge in [-0.2, -0.15) is 13.2 Å². The van der Waals surface area contributed by atoms with Gasteiger partial charge in [-0.3, -0.25) is 0 Å². The Balaban J connectivity index is 1.78. The second-order valence-corrected chi connectivity index (χ2v) is 8.81. The molecule has 1 N–H and O–H groups in total. The molecular weight excluding hydrogens is 451 g/mol. The van der Waals surface area contributed by atoms with Crippen molar-refractivity contribution in [1.82, 2.24) is 19.4 Å². The number of pyridine rings is 1. The summed E-state index contributed by atoms with van der Waals surface area (Å²) in [6.07, 6.45) is -2.73. The molecule has 0 saturated carbocycles. The molecule has 8 heteroatoms. The lowest BCUT2D eigenvalue weighted by atomic mass is 10.0. The average Bonchev–Trinajstić information content (AvgIpc) is 3.14. The van der Waals surface area contributed by atoms with E-state index in [4.69, 9.17) is 4.98 Å². The molecule has 2 aromatic carbocycles. The number of hydrogen-bond donors (Lipinski definition) is 1. The van der Waals surface area contributed by atoms with Crippen molar-refractivity contribution in [3.05, 3.63) is 89.9 Å². The fourth-order valence-corrected chi connectivity index (χ4v) is 4.05. The quantitative estimate of drug-likeness (QED) is 0.333. The summed E-state index contributed by atoms with van der Waals surface area (Å²) in [5.41, 5.74) is 2.89. The van der Waals surface area contributed by atoms with Gasteiger partial charge in [0, 0.05) is 30.4 Å². The zero-order chi connectivity index (χ0) is 25.2. The fraction of sp³-hybridized carbons (Fsp3) is 0.259. The van der Waals surface area contributed by atoms with Gasteiger partial charge in [-0.1, -0.05) is 42.5 Å². The Kier molecular flexibility index (Phi) is 6.93. The fourth-order valence-electron chi connectivity index (χ4n) is 4.05. The molecule has 4 rings (SSSR count). The van der Waals surface area contributed by atoms with Crippen molar-refractivity contribution < 1.29 is 13.2 Å². The molecule has 0 bridgehead atoms. The highest BCUT2D eigenvalue weighted by Crippen LogP contribution is 2.37. The SMILES string of the molecule is C[C@H](Nc1cc(-c2c(-c3cccc(C(F)(F)F)c3)nc(CN(C)C)n2C)ccn1)c1ccccc1. The van der Waals surface area contributed by atoms with E-state index in [1.165, 1.54) is 6.07 Å². The van der Waals surface area contributed by atoms with Crippen LogP contribution in [0.5, 0.6) is 0 Å². The predicted molar refractivity (Wildman–Crippen MR) is 133 cm³/mol. The van der Waals surface area contributed by atoms with Crippen LogP contribution in [0.1, 0.15) is 29.9 Å². The van der Waals surface area contributed by atoms with E-state index in [0.29, 0.717) is 23.6 Å². The molecule has 2 heterocycles. The number of halogens is 3. The largest absolute Gasteiger partial charge is 0.416 e. The molecule has 2 aromatic heterocycles. The maximum absolute atomic E-state index is 13.4. The van der Waals surface area contributed by atoms with Crippen LogP contribution in [0.4, 0.5) is 19.0 Å². The first-order valence-corrected chi connectivity index (χ1v) is 11.3. The van der Waals surface area contributed by atoms with E-state index in [0.717, 1.165) is 34.8 Å². The summed E-state index contributed by atoms with van der Waals surface area (Å²) in [4.78, 5) is 11.2. The molecule has 4 aromatic rings. The van der Waals surface area contributed by atoms with Crippen molar-refractivity contribution in [1.29, 1.82) is 0 Å². The van der Waals surface area contributed by atoms with Crippen LogP contribution in [0, 0.1) is 0 Å². The number of rotatable bonds is 7. The number of aromatic nitrogens is 3. The summed E-state index contributed by atoms with van der Waals surface area (Å²) in [6.45, 7) is 2.60. The molecule has 35 heavy (non-hydrogen) atoms. The van der Waals surface area contributed by atoms with Crippen molar-refractivity contribution >= 4 is 5.82 Å². The van der Waals surface area contributed by atoms with Crippen LogP contribution in [0.15, 0.2) is 72.9 Å². The first-order valence-electron chi connectivity index (χ1n) is 11.3. The second-order valence-electron chi connectivity index (χ2n) is 8.81. The van der Waals surface area contributed by atoms with Crippen LogP contribution in [0.25, 0.3) is 22.5 Å². The number of anilines is 1. The Hall–Kier alpha value is -3.65. The van der Waals surface area contributed by atoms with Gasteiger partial charge in [-0.05, 0) is 50.8 Å². The number of nitrogens with one attached hydrogen (secondary N) is 1. The Morgan fingerprint density at radius 2 is 1.71 bits per heavy atom. The minimum Gasteiger partial charge on any atom is -0.364 e. The van der Waals surface area contributed by atoms with E-state index in [1.807, 2.05) is 73.1 Å². The summed E-state index contributed by atoms with van der Waals surface area (Å²) in [6, 6.07) is 19.1. The van der Waals surface area contributed by atoms with Crippen molar-refractivity contribution in [3.8, 4) is 22.5 Å². The number of alkyl halides is 3. The van der Waals surface area contributed by atoms with Gasteiger partial charge in [0.25, 0.3) is 0 Å². The van der Waals surface area contributed by atoms with Crippen LogP contribution in [0.2, 0.25) is 0 Å². The smallest absolute Gasteiger partial charge is 0.364 e. The lowest BCUT2D eigenvalue weighted by Gasteiger charge is -2.16. The van der Waals surface area contributed by atoms with Crippen molar-refractivity contribution in [2.75, 3.05) is 19.4 Å². The van der Waals surface area contributed by atoms with Gasteiger partial charge in [-0.25, -0.2) is 9.97 Å². The molecule has 0 aliphatic rings. The van der Waals surface area contributed by atoms with Gasteiger partial charge < -0.3 is 14.8 Å². The zero-order valence-corrected chi connectivity index (χ0v) is 20.1. The van der Waals surface area contributed by atoms with Crippen molar-refractivity contribution in [2.45, 2.75) is 25.7 Å². The van der Waals surface area contributed by atoms with Gasteiger partial charge in [0.15, 0.2) is 0 Å². The highest BCUT2D eigenvalue weighted by Gasteiger charge is 2.31. The van der Waals surface area contributed by atoms with E-state index in [1.54, 1.807) is 12.3 Å². The van der Waals surface area contributed by atoms with Gasteiger partial charge >= 0.3 is 6.18 Å². The monoisotopic (exact) mass is 479 g/mol. The van der Waals surface area contributed by atoms with Gasteiger partial charge in [0.1, 0.15) is 11.6 Å². The lowest BCUT2D eigenvalue weighted by Crippen LogP contribution is -2.14. The van der Waals surface area contributed by atoms with Crippen LogP contribution >= 0.6 is 0 Å². The van der Waals surface area contributed by atoms with Crippen LogP contribution in [-0.2, 0) is 19.8 Å². The maximum atomic E-state index is 13.4. The Morgan fingerprint density at radius 3 is 2.40 bits per heavy atom. The van der Waals surface area contributed by atoms with Gasteiger partial charge in [0.05, 0.1) is 23.5 Å². The number of nitrogens with zero attached hydrogens (tertiary/aromatic N) is 4. The molecule has 0 amide bonds. The third kappa shape index (κ3) is 5.54. The Bertz CT molecular complexity index is 1300. The van der Waals surface area contributed by atoms with E-state index in [-0.39, 0.29) is 6.04 Å². The standard InChI is InChI=1S/C27H28F3N5/c1-18(19-9-6-5-7-10-19)32-23-16-21(13-14-31-23)26-25(33-24(35(26)4)17-34(2)3)20-11-8-12-22(15-20)27(28,29)30/h5-16,18H,17H2,1-4H3,(H,31,32)/t18-/m0/s1. The molecule has 0 aliphatic carbocycles. The van der Waals surface area contributed by atoms with Crippen molar-refractivity contribution in [3.63, 3.8) is 0 Å². The summed E-state index contributed by atoms with van der Waals surface area (Å²) in [7, 11) is 5.74. The van der Waals surface area contributed by atoms with Crippen molar-refractivity contribution in [2.24, 2.45) is 7.05 Å². The molecule has 0 saturated heterocycles. The van der Waals surface area contributed by atoms with E-state index in [2.05, 4.69) is 17.2 Å². The van der Waals surface area contributed by atoms with Gasteiger partial charge in [0.2, 0.25) is 0 Å². The second kappa shape index (κ2) is 9.92. The molecule has 0 fully saturated rings. The predicted octanol–water partition coefficient (Wildman–Crippen LogP) is 6.40. The van der Waals surface area contributed by atoms with E-state index in [9.17, 15) is 13.2 Å². The van der Waals surface area contributed by atoms with Gasteiger partial charge in [-0.15, -0.1) is 0 Å². The summed E-state index contributed by atoms with van der Waals surface area (Å²) >= 11 is 0. The minimum atomic E-state index is -4.43. The molecular formula is C27H28F3N5. The summed E-state index contributed by atoms with van der Waals surface area (Å²) in [5.74, 6) is 1.42. The van der Waals surface area contributed by atoms with Crippen LogP contribution < -0.4 is 5.32 Å². The molecule has 182 valence electrons. The Morgan fingerprint density at radius 1 is 0.971 bits per heavy atom. The number of imidazole rings is 1. The lowest BCUT2D eigenvalue weighted by molar-refractivity contribution is -0.137. The number of benzene rings is 2. The summed E-state index contributed by atoms with van der Waals surface area (Å²) in [5, 5.41) is 3.42. The molecule has 5 nitrogen and oxygen atoms in total. The first kappa shape index (κ1) is 24.5. The highest BCUT2D eigenvalue weighted by molar-refractivity contribution is 5.80. The van der Waals surface area contributed by atoms with E-state index >= 15 is 0 Å². The molecule has 0 radical (unpaired) electrons. The average molecular weight is 480 g/mol. The Labute approximate surface area is 203 Å². The molecule has 0 unspecified atom stereocenters. The molecule has 0 spiro atoms. The van der Waals surface area contributed by atoms with E-state index < -0.39 is 11.7 Å². The molecule has 0 aliphatic heterocycles. The third-order valence-corrected chi connectivity index (χ3v) is 5.81. The van der Waals surface area contributed by atoms with Crippen LogP contribution in [-0.4, -0.2) is 33.5 Å². The normalized spacial score (nSPS) is 12.7. The maximum Gasteiger partial charge on any atom is 0.416 e. The zero-order valence-electron chi connectivity index (χ0n) is 20.1. The summed E-state index contributed by atoms with van der Waals surface area (Å²) < 4.78 is 42.2. The third-order valence-electron chi connectivity index (χ3n) is 5.81.